The Hall–Kier alpha value is -2.69. The van der Waals surface area contributed by atoms with Gasteiger partial charge in [-0.2, -0.15) is 15.0 Å². The summed E-state index contributed by atoms with van der Waals surface area (Å²) in [5.74, 6) is 0.432. The van der Waals surface area contributed by atoms with Gasteiger partial charge in [-0.1, -0.05) is 30.3 Å². The maximum atomic E-state index is 5.99. The molecule has 25 heavy (non-hydrogen) atoms. The highest BCUT2D eigenvalue weighted by atomic mass is 35.5. The van der Waals surface area contributed by atoms with Gasteiger partial charge in [0.2, 0.25) is 10.6 Å². The molecule has 0 fully saturated rings. The highest BCUT2D eigenvalue weighted by Gasteiger charge is 2.13. The molecule has 0 spiro atoms. The smallest absolute Gasteiger partial charge is 0.227 e. The van der Waals surface area contributed by atoms with Crippen molar-refractivity contribution in [2.45, 2.75) is 0 Å². The first-order valence-electron chi connectivity index (χ1n) is 7.60. The van der Waals surface area contributed by atoms with Crippen molar-refractivity contribution in [3.63, 3.8) is 0 Å². The van der Waals surface area contributed by atoms with Crippen LogP contribution in [0.15, 0.2) is 59.0 Å². The fourth-order valence-corrected chi connectivity index (χ4v) is 3.50. The normalized spacial score (nSPS) is 11.6. The number of aromatic nitrogens is 3. The van der Waals surface area contributed by atoms with Crippen LogP contribution in [-0.4, -0.2) is 15.0 Å². The van der Waals surface area contributed by atoms with Crippen molar-refractivity contribution in [2.75, 3.05) is 0 Å². The molecule has 0 radical (unpaired) electrons. The van der Waals surface area contributed by atoms with Crippen molar-refractivity contribution < 1.29 is 4.42 Å². The lowest BCUT2D eigenvalue weighted by molar-refractivity contribution is 0.669. The van der Waals surface area contributed by atoms with Crippen LogP contribution >= 0.6 is 23.2 Å². The van der Waals surface area contributed by atoms with E-state index in [1.54, 1.807) is 0 Å². The second kappa shape index (κ2) is 5.41. The average molecular weight is 366 g/mol. The fourth-order valence-electron chi connectivity index (χ4n) is 3.14. The zero-order valence-corrected chi connectivity index (χ0v) is 14.2. The van der Waals surface area contributed by atoms with E-state index in [0.29, 0.717) is 5.82 Å². The molecular weight excluding hydrogens is 357 g/mol. The van der Waals surface area contributed by atoms with Crippen molar-refractivity contribution in [3.05, 3.63) is 65.2 Å². The molecule has 0 saturated heterocycles. The highest BCUT2D eigenvalue weighted by Crippen LogP contribution is 2.36. The molecule has 6 heteroatoms. The predicted molar refractivity (Wildman–Crippen MR) is 100 cm³/mol. The van der Waals surface area contributed by atoms with Crippen LogP contribution < -0.4 is 0 Å². The third-order valence-electron chi connectivity index (χ3n) is 4.20. The minimum absolute atomic E-state index is 0.0672. The van der Waals surface area contributed by atoms with Gasteiger partial charge in [-0.25, -0.2) is 0 Å². The Bertz CT molecular complexity index is 1260. The first-order valence-corrected chi connectivity index (χ1v) is 8.36. The van der Waals surface area contributed by atoms with Gasteiger partial charge in [0.15, 0.2) is 5.82 Å². The van der Waals surface area contributed by atoms with Crippen LogP contribution in [0.1, 0.15) is 0 Å². The quantitative estimate of drug-likeness (QED) is 0.371. The van der Waals surface area contributed by atoms with E-state index in [1.165, 1.54) is 0 Å². The van der Waals surface area contributed by atoms with Crippen LogP contribution in [-0.2, 0) is 0 Å². The lowest BCUT2D eigenvalue weighted by Crippen LogP contribution is -1.93. The molecule has 2 heterocycles. The summed E-state index contributed by atoms with van der Waals surface area (Å²) >= 11 is 11.8. The summed E-state index contributed by atoms with van der Waals surface area (Å²) in [6.07, 6.45) is 0. The van der Waals surface area contributed by atoms with Crippen LogP contribution in [0.4, 0.5) is 0 Å². The van der Waals surface area contributed by atoms with E-state index in [4.69, 9.17) is 27.6 Å². The Morgan fingerprint density at radius 2 is 1.48 bits per heavy atom. The first-order chi connectivity index (χ1) is 12.2. The monoisotopic (exact) mass is 365 g/mol. The number of hydrogen-bond donors (Lipinski definition) is 0. The molecule has 0 N–H and O–H groups in total. The zero-order chi connectivity index (χ0) is 17.0. The third kappa shape index (κ3) is 2.34. The molecular formula is C19H9Cl2N3O. The summed E-state index contributed by atoms with van der Waals surface area (Å²) < 4.78 is 5.99. The average Bonchev–Trinajstić information content (AvgIpc) is 2.99. The largest absolute Gasteiger partial charge is 0.456 e. The maximum absolute atomic E-state index is 5.99. The summed E-state index contributed by atoms with van der Waals surface area (Å²) in [7, 11) is 0. The molecule has 5 rings (SSSR count). The van der Waals surface area contributed by atoms with Crippen molar-refractivity contribution >= 4 is 55.9 Å². The third-order valence-corrected chi connectivity index (χ3v) is 4.54. The van der Waals surface area contributed by atoms with Crippen LogP contribution in [0.25, 0.3) is 44.1 Å². The number of hydrogen-bond acceptors (Lipinski definition) is 4. The van der Waals surface area contributed by atoms with Gasteiger partial charge in [-0.15, -0.1) is 0 Å². The maximum Gasteiger partial charge on any atom is 0.227 e. The van der Waals surface area contributed by atoms with E-state index in [2.05, 4.69) is 33.2 Å². The van der Waals surface area contributed by atoms with Crippen LogP contribution in [0.3, 0.4) is 0 Å². The minimum Gasteiger partial charge on any atom is -0.456 e. The lowest BCUT2D eigenvalue weighted by Gasteiger charge is -2.02. The Kier molecular flexibility index (Phi) is 3.17. The van der Waals surface area contributed by atoms with Crippen LogP contribution in [0.2, 0.25) is 10.6 Å². The molecule has 0 aliphatic heterocycles. The second-order valence-electron chi connectivity index (χ2n) is 5.67. The molecule has 0 unspecified atom stereocenters. The number of nitrogens with zero attached hydrogens (tertiary/aromatic N) is 3. The zero-order valence-electron chi connectivity index (χ0n) is 12.7. The first kappa shape index (κ1) is 14.6. The molecule has 0 saturated carbocycles. The van der Waals surface area contributed by atoms with Gasteiger partial charge in [0.05, 0.1) is 0 Å². The predicted octanol–water partition coefficient (Wildman–Crippen LogP) is 5.90. The van der Waals surface area contributed by atoms with Gasteiger partial charge in [-0.05, 0) is 58.2 Å². The molecule has 120 valence electrons. The van der Waals surface area contributed by atoms with E-state index in [1.807, 2.05) is 36.4 Å². The van der Waals surface area contributed by atoms with Gasteiger partial charge >= 0.3 is 0 Å². The molecule has 0 atom stereocenters. The molecule has 3 aromatic carbocycles. The fraction of sp³-hybridized carbons (Fsp3) is 0. The van der Waals surface area contributed by atoms with Crippen molar-refractivity contribution in [1.82, 2.24) is 15.0 Å². The number of benzene rings is 3. The highest BCUT2D eigenvalue weighted by molar-refractivity contribution is 6.31. The topological polar surface area (TPSA) is 51.8 Å². The lowest BCUT2D eigenvalue weighted by atomic mass is 10.0. The Morgan fingerprint density at radius 1 is 0.720 bits per heavy atom. The van der Waals surface area contributed by atoms with Crippen LogP contribution in [0, 0.1) is 0 Å². The summed E-state index contributed by atoms with van der Waals surface area (Å²) in [5, 5.41) is 4.50. The summed E-state index contributed by atoms with van der Waals surface area (Å²) in [6.45, 7) is 0. The standard InChI is InChI=1S/C19H9Cl2N3O/c20-18-22-17(23-19(21)24-18)11-6-7-14-13(9-11)16-12-4-2-1-3-10(12)5-8-15(16)25-14/h1-9H. The molecule has 4 nitrogen and oxygen atoms in total. The minimum atomic E-state index is 0.0672. The van der Waals surface area contributed by atoms with Gasteiger partial charge < -0.3 is 4.42 Å². The van der Waals surface area contributed by atoms with E-state index in [-0.39, 0.29) is 10.6 Å². The molecule has 0 amide bonds. The van der Waals surface area contributed by atoms with Gasteiger partial charge in [0.25, 0.3) is 0 Å². The number of rotatable bonds is 1. The number of halogens is 2. The molecule has 0 bridgehead atoms. The van der Waals surface area contributed by atoms with E-state index in [0.717, 1.165) is 38.3 Å². The second-order valence-corrected chi connectivity index (χ2v) is 6.35. The molecule has 2 aromatic heterocycles. The molecule has 0 aliphatic carbocycles. The van der Waals surface area contributed by atoms with Crippen molar-refractivity contribution in [2.24, 2.45) is 0 Å². The van der Waals surface area contributed by atoms with Crippen molar-refractivity contribution in [1.29, 1.82) is 0 Å². The Labute approximate surface area is 152 Å². The molecule has 0 aliphatic rings. The Morgan fingerprint density at radius 3 is 2.32 bits per heavy atom. The summed E-state index contributed by atoms with van der Waals surface area (Å²) in [4.78, 5) is 12.1. The van der Waals surface area contributed by atoms with Crippen LogP contribution in [0.5, 0.6) is 0 Å². The number of fused-ring (bicyclic) bond motifs is 5. The SMILES string of the molecule is Clc1nc(Cl)nc(-c2ccc3oc4ccc5ccccc5c4c3c2)n1. The van der Waals surface area contributed by atoms with Crippen molar-refractivity contribution in [3.8, 4) is 11.4 Å². The summed E-state index contributed by atoms with van der Waals surface area (Å²) in [6, 6.07) is 18.1. The Balaban J connectivity index is 1.86. The van der Waals surface area contributed by atoms with E-state index < -0.39 is 0 Å². The number of furan rings is 1. The van der Waals surface area contributed by atoms with Gasteiger partial charge in [-0.3, -0.25) is 0 Å². The van der Waals surface area contributed by atoms with E-state index in [9.17, 15) is 0 Å². The van der Waals surface area contributed by atoms with Gasteiger partial charge in [0, 0.05) is 16.3 Å². The summed E-state index contributed by atoms with van der Waals surface area (Å²) in [5.41, 5.74) is 2.45. The van der Waals surface area contributed by atoms with Gasteiger partial charge in [0.1, 0.15) is 11.2 Å². The molecule has 5 aromatic rings. The van der Waals surface area contributed by atoms with E-state index >= 15 is 0 Å².